The van der Waals surface area contributed by atoms with Gasteiger partial charge in [-0.05, 0) is 19.7 Å². The third-order valence-corrected chi connectivity index (χ3v) is 1.96. The molecule has 0 heterocycles. The van der Waals surface area contributed by atoms with E-state index in [1.165, 1.54) is 5.56 Å². The molecule has 0 aliphatic rings. The molecular formula is C10H16N2. The van der Waals surface area contributed by atoms with Crippen LogP contribution in [0.1, 0.15) is 11.6 Å². The number of rotatable bonds is 4. The molecule has 1 atom stereocenters. The van der Waals surface area contributed by atoms with Crippen molar-refractivity contribution in [2.75, 3.05) is 20.6 Å². The summed E-state index contributed by atoms with van der Waals surface area (Å²) in [7, 11) is 3.95. The Hall–Kier alpha value is -0.860. The molecule has 2 nitrogen and oxygen atoms in total. The molecule has 0 aliphatic carbocycles. The summed E-state index contributed by atoms with van der Waals surface area (Å²) in [5.41, 5.74) is 1.33. The summed E-state index contributed by atoms with van der Waals surface area (Å²) in [4.78, 5) is 0. The molecular weight excluding hydrogens is 148 g/mol. The van der Waals surface area contributed by atoms with E-state index in [0.717, 1.165) is 6.54 Å². The zero-order chi connectivity index (χ0) is 8.81. The maximum absolute atomic E-state index is 3.26. The third-order valence-electron chi connectivity index (χ3n) is 1.96. The van der Waals surface area contributed by atoms with Crippen LogP contribution in [0.15, 0.2) is 30.3 Å². The standard InChI is InChI=1S/C10H16N2/c1-11-8-10(12-2)9-6-4-3-5-7-9/h3-7,10-12H,8H2,1-2H3. The van der Waals surface area contributed by atoms with Gasteiger partial charge in [-0.2, -0.15) is 0 Å². The highest BCUT2D eigenvalue weighted by Crippen LogP contribution is 2.09. The predicted octanol–water partition coefficient (Wildman–Crippen LogP) is 1.17. The lowest BCUT2D eigenvalue weighted by atomic mass is 10.1. The molecule has 0 bridgehead atoms. The van der Waals surface area contributed by atoms with Crippen molar-refractivity contribution >= 4 is 0 Å². The monoisotopic (exact) mass is 164 g/mol. The average Bonchev–Trinajstić information content (AvgIpc) is 2.15. The van der Waals surface area contributed by atoms with Gasteiger partial charge in [-0.15, -0.1) is 0 Å². The highest BCUT2D eigenvalue weighted by Gasteiger charge is 2.05. The summed E-state index contributed by atoms with van der Waals surface area (Å²) < 4.78 is 0. The summed E-state index contributed by atoms with van der Waals surface area (Å²) in [5.74, 6) is 0. The minimum Gasteiger partial charge on any atom is -0.318 e. The first-order valence-electron chi connectivity index (χ1n) is 4.25. The fraction of sp³-hybridized carbons (Fsp3) is 0.400. The van der Waals surface area contributed by atoms with Gasteiger partial charge in [-0.3, -0.25) is 0 Å². The van der Waals surface area contributed by atoms with Crippen LogP contribution in [0, 0.1) is 0 Å². The molecule has 1 rings (SSSR count). The van der Waals surface area contributed by atoms with E-state index >= 15 is 0 Å². The summed E-state index contributed by atoms with van der Waals surface area (Å²) in [5, 5.41) is 6.41. The molecule has 1 aromatic carbocycles. The van der Waals surface area contributed by atoms with Crippen molar-refractivity contribution in [3.63, 3.8) is 0 Å². The Morgan fingerprint density at radius 1 is 1.17 bits per heavy atom. The zero-order valence-electron chi connectivity index (χ0n) is 7.67. The van der Waals surface area contributed by atoms with Gasteiger partial charge < -0.3 is 10.6 Å². The van der Waals surface area contributed by atoms with Gasteiger partial charge in [0.05, 0.1) is 0 Å². The van der Waals surface area contributed by atoms with E-state index in [0.29, 0.717) is 6.04 Å². The average molecular weight is 164 g/mol. The predicted molar refractivity (Wildman–Crippen MR) is 52.2 cm³/mol. The van der Waals surface area contributed by atoms with Crippen molar-refractivity contribution in [2.45, 2.75) is 6.04 Å². The van der Waals surface area contributed by atoms with Crippen LogP contribution < -0.4 is 10.6 Å². The maximum Gasteiger partial charge on any atom is 0.0444 e. The van der Waals surface area contributed by atoms with Crippen molar-refractivity contribution in [3.05, 3.63) is 35.9 Å². The van der Waals surface area contributed by atoms with E-state index < -0.39 is 0 Å². The molecule has 1 aromatic rings. The van der Waals surface area contributed by atoms with Crippen LogP contribution in [-0.4, -0.2) is 20.6 Å². The zero-order valence-corrected chi connectivity index (χ0v) is 7.67. The fourth-order valence-corrected chi connectivity index (χ4v) is 1.28. The van der Waals surface area contributed by atoms with Gasteiger partial charge in [-0.25, -0.2) is 0 Å². The number of nitrogens with one attached hydrogen (secondary N) is 2. The number of likely N-dealkylation sites (N-methyl/N-ethyl adjacent to an activating group) is 2. The van der Waals surface area contributed by atoms with E-state index in [2.05, 4.69) is 34.9 Å². The number of benzene rings is 1. The van der Waals surface area contributed by atoms with Crippen LogP contribution >= 0.6 is 0 Å². The van der Waals surface area contributed by atoms with E-state index in [-0.39, 0.29) is 0 Å². The van der Waals surface area contributed by atoms with Crippen LogP contribution in [0.2, 0.25) is 0 Å². The van der Waals surface area contributed by atoms with E-state index in [1.54, 1.807) is 0 Å². The van der Waals surface area contributed by atoms with E-state index in [1.807, 2.05) is 20.2 Å². The minimum absolute atomic E-state index is 0.413. The Morgan fingerprint density at radius 3 is 2.33 bits per heavy atom. The Morgan fingerprint density at radius 2 is 1.83 bits per heavy atom. The Balaban J connectivity index is 2.66. The first-order valence-corrected chi connectivity index (χ1v) is 4.25. The molecule has 0 aromatic heterocycles. The second-order valence-electron chi connectivity index (χ2n) is 2.81. The maximum atomic E-state index is 3.26. The Bertz CT molecular complexity index is 208. The first-order chi connectivity index (χ1) is 5.88. The van der Waals surface area contributed by atoms with Crippen molar-refractivity contribution in [3.8, 4) is 0 Å². The van der Waals surface area contributed by atoms with Crippen LogP contribution in [0.3, 0.4) is 0 Å². The summed E-state index contributed by atoms with van der Waals surface area (Å²) >= 11 is 0. The molecule has 0 amide bonds. The van der Waals surface area contributed by atoms with Gasteiger partial charge in [0.15, 0.2) is 0 Å². The van der Waals surface area contributed by atoms with Gasteiger partial charge in [0.1, 0.15) is 0 Å². The summed E-state index contributed by atoms with van der Waals surface area (Å²) in [6.07, 6.45) is 0. The largest absolute Gasteiger partial charge is 0.318 e. The van der Waals surface area contributed by atoms with Gasteiger partial charge in [0, 0.05) is 12.6 Å². The van der Waals surface area contributed by atoms with Crippen LogP contribution in [0.4, 0.5) is 0 Å². The molecule has 0 radical (unpaired) electrons. The van der Waals surface area contributed by atoms with E-state index in [4.69, 9.17) is 0 Å². The Kier molecular flexibility index (Phi) is 3.77. The second-order valence-corrected chi connectivity index (χ2v) is 2.81. The SMILES string of the molecule is CNCC(NC)c1ccccc1. The fourth-order valence-electron chi connectivity index (χ4n) is 1.28. The molecule has 0 aliphatic heterocycles. The van der Waals surface area contributed by atoms with Crippen molar-refractivity contribution < 1.29 is 0 Å². The van der Waals surface area contributed by atoms with Crippen molar-refractivity contribution in [1.82, 2.24) is 10.6 Å². The van der Waals surface area contributed by atoms with Crippen molar-refractivity contribution in [2.24, 2.45) is 0 Å². The summed E-state index contributed by atoms with van der Waals surface area (Å²) in [6, 6.07) is 10.9. The topological polar surface area (TPSA) is 24.1 Å². The molecule has 2 heteroatoms. The smallest absolute Gasteiger partial charge is 0.0444 e. The lowest BCUT2D eigenvalue weighted by Gasteiger charge is -2.15. The molecule has 0 spiro atoms. The van der Waals surface area contributed by atoms with Gasteiger partial charge >= 0.3 is 0 Å². The van der Waals surface area contributed by atoms with Crippen molar-refractivity contribution in [1.29, 1.82) is 0 Å². The number of hydrogen-bond donors (Lipinski definition) is 2. The highest BCUT2D eigenvalue weighted by molar-refractivity contribution is 5.18. The molecule has 0 saturated carbocycles. The van der Waals surface area contributed by atoms with E-state index in [9.17, 15) is 0 Å². The normalized spacial score (nSPS) is 12.8. The van der Waals surface area contributed by atoms with Gasteiger partial charge in [0.2, 0.25) is 0 Å². The molecule has 66 valence electrons. The molecule has 1 unspecified atom stereocenters. The molecule has 12 heavy (non-hydrogen) atoms. The Labute approximate surface area is 74.0 Å². The minimum atomic E-state index is 0.413. The second kappa shape index (κ2) is 4.91. The number of hydrogen-bond acceptors (Lipinski definition) is 2. The summed E-state index contributed by atoms with van der Waals surface area (Å²) in [6.45, 7) is 0.959. The molecule has 2 N–H and O–H groups in total. The molecule has 0 fully saturated rings. The lowest BCUT2D eigenvalue weighted by molar-refractivity contribution is 0.558. The molecule has 0 saturated heterocycles. The van der Waals surface area contributed by atoms with Gasteiger partial charge in [0.25, 0.3) is 0 Å². The first kappa shape index (κ1) is 9.23. The third kappa shape index (κ3) is 2.32. The highest BCUT2D eigenvalue weighted by atomic mass is 14.9. The van der Waals surface area contributed by atoms with Crippen LogP contribution in [0.25, 0.3) is 0 Å². The van der Waals surface area contributed by atoms with Gasteiger partial charge in [-0.1, -0.05) is 30.3 Å². The van der Waals surface area contributed by atoms with Crippen LogP contribution in [-0.2, 0) is 0 Å². The lowest BCUT2D eigenvalue weighted by Crippen LogP contribution is -2.27. The van der Waals surface area contributed by atoms with Crippen LogP contribution in [0.5, 0.6) is 0 Å². The quantitative estimate of drug-likeness (QED) is 0.698.